The first-order chi connectivity index (χ1) is 12.1. The van der Waals surface area contributed by atoms with Crippen molar-refractivity contribution in [3.05, 3.63) is 65.2 Å². The minimum atomic E-state index is -0.363. The van der Waals surface area contributed by atoms with Crippen LogP contribution >= 0.6 is 0 Å². The van der Waals surface area contributed by atoms with Crippen LogP contribution in [0.5, 0.6) is 5.75 Å². The maximum Gasteiger partial charge on any atom is 0.261 e. The average Bonchev–Trinajstić information content (AvgIpc) is 2.62. The Hall–Kier alpha value is -3.08. The summed E-state index contributed by atoms with van der Waals surface area (Å²) in [5.41, 5.74) is 2.26. The standard InChI is InChI=1S/C20H20N2O3/c1-3-13-8-5-6-10-16(13)22-20(23)15-12-14-9-7-11-17(24-4-2)18(14)25-19(15)21/h5-12,21H,3-4H2,1-2H3,(H,22,23). The summed E-state index contributed by atoms with van der Waals surface area (Å²) in [6.07, 6.45) is 0.810. The number of anilines is 1. The lowest BCUT2D eigenvalue weighted by atomic mass is 10.1. The molecule has 3 aromatic rings. The fraction of sp³-hybridized carbons (Fsp3) is 0.200. The van der Waals surface area contributed by atoms with E-state index in [1.807, 2.05) is 50.2 Å². The van der Waals surface area contributed by atoms with Gasteiger partial charge in [0, 0.05) is 11.1 Å². The van der Waals surface area contributed by atoms with Gasteiger partial charge in [0.25, 0.3) is 5.91 Å². The van der Waals surface area contributed by atoms with Gasteiger partial charge in [-0.05, 0) is 37.1 Å². The number of rotatable bonds is 5. The molecule has 3 rings (SSSR count). The van der Waals surface area contributed by atoms with Crippen molar-refractivity contribution in [1.29, 1.82) is 5.41 Å². The summed E-state index contributed by atoms with van der Waals surface area (Å²) < 4.78 is 11.1. The molecule has 0 bridgehead atoms. The summed E-state index contributed by atoms with van der Waals surface area (Å²) in [7, 11) is 0. The zero-order chi connectivity index (χ0) is 17.8. The van der Waals surface area contributed by atoms with Crippen molar-refractivity contribution in [2.75, 3.05) is 11.9 Å². The molecule has 0 unspecified atom stereocenters. The predicted molar refractivity (Wildman–Crippen MR) is 97.0 cm³/mol. The molecule has 0 atom stereocenters. The van der Waals surface area contributed by atoms with Crippen LogP contribution in [-0.2, 0) is 6.42 Å². The Morgan fingerprint density at radius 2 is 1.96 bits per heavy atom. The Balaban J connectivity index is 1.99. The van der Waals surface area contributed by atoms with Crippen molar-refractivity contribution in [1.82, 2.24) is 0 Å². The molecule has 0 radical (unpaired) electrons. The smallest absolute Gasteiger partial charge is 0.261 e. The van der Waals surface area contributed by atoms with Crippen molar-refractivity contribution in [3.63, 3.8) is 0 Å². The van der Waals surface area contributed by atoms with E-state index in [1.54, 1.807) is 12.1 Å². The van der Waals surface area contributed by atoms with Crippen LogP contribution in [0.25, 0.3) is 11.0 Å². The summed E-state index contributed by atoms with van der Waals surface area (Å²) in [6.45, 7) is 4.41. The number of aryl methyl sites for hydroxylation is 1. The van der Waals surface area contributed by atoms with Gasteiger partial charge in [-0.3, -0.25) is 10.2 Å². The van der Waals surface area contributed by atoms with Gasteiger partial charge in [-0.15, -0.1) is 0 Å². The molecule has 0 aliphatic heterocycles. The first-order valence-corrected chi connectivity index (χ1v) is 8.27. The van der Waals surface area contributed by atoms with E-state index >= 15 is 0 Å². The molecular formula is C20H20N2O3. The van der Waals surface area contributed by atoms with Crippen LogP contribution in [-0.4, -0.2) is 12.5 Å². The quantitative estimate of drug-likeness (QED) is 0.736. The molecule has 5 heteroatoms. The van der Waals surface area contributed by atoms with E-state index in [0.717, 1.165) is 23.1 Å². The van der Waals surface area contributed by atoms with Crippen LogP contribution in [0.15, 0.2) is 52.9 Å². The van der Waals surface area contributed by atoms with Crippen molar-refractivity contribution in [2.45, 2.75) is 20.3 Å². The minimum Gasteiger partial charge on any atom is -0.490 e. The maximum atomic E-state index is 12.6. The number of amides is 1. The van der Waals surface area contributed by atoms with Gasteiger partial charge in [0.15, 0.2) is 11.3 Å². The van der Waals surface area contributed by atoms with E-state index in [0.29, 0.717) is 17.9 Å². The minimum absolute atomic E-state index is 0.187. The number of fused-ring (bicyclic) bond motifs is 1. The van der Waals surface area contributed by atoms with Crippen LogP contribution in [0.2, 0.25) is 0 Å². The zero-order valence-corrected chi connectivity index (χ0v) is 14.3. The lowest BCUT2D eigenvalue weighted by Gasteiger charge is -2.11. The number of carbonyl (C=O) groups is 1. The Kier molecular flexibility index (Phi) is 4.84. The number of hydrogen-bond donors (Lipinski definition) is 2. The van der Waals surface area contributed by atoms with Gasteiger partial charge in [-0.2, -0.15) is 0 Å². The number of carbonyl (C=O) groups excluding carboxylic acids is 1. The molecule has 25 heavy (non-hydrogen) atoms. The molecule has 5 nitrogen and oxygen atoms in total. The lowest BCUT2D eigenvalue weighted by molar-refractivity contribution is 0.102. The number of benzene rings is 2. The number of nitrogens with one attached hydrogen (secondary N) is 2. The summed E-state index contributed by atoms with van der Waals surface area (Å²) in [6, 6.07) is 14.7. The fourth-order valence-corrected chi connectivity index (χ4v) is 2.71. The molecule has 2 N–H and O–H groups in total. The van der Waals surface area contributed by atoms with Gasteiger partial charge < -0.3 is 14.5 Å². The second-order valence-electron chi connectivity index (χ2n) is 5.56. The lowest BCUT2D eigenvalue weighted by Crippen LogP contribution is -2.21. The Labute approximate surface area is 145 Å². The molecule has 0 aliphatic carbocycles. The number of para-hydroxylation sites is 2. The van der Waals surface area contributed by atoms with Crippen LogP contribution < -0.4 is 15.6 Å². The molecule has 2 aromatic carbocycles. The first-order valence-electron chi connectivity index (χ1n) is 8.27. The van der Waals surface area contributed by atoms with Crippen molar-refractivity contribution < 1.29 is 13.9 Å². The second kappa shape index (κ2) is 7.21. The van der Waals surface area contributed by atoms with E-state index in [-0.39, 0.29) is 17.0 Å². The normalized spacial score (nSPS) is 10.6. The molecule has 0 saturated carbocycles. The van der Waals surface area contributed by atoms with Crippen LogP contribution in [0.3, 0.4) is 0 Å². The highest BCUT2D eigenvalue weighted by Gasteiger charge is 2.15. The molecule has 1 aromatic heterocycles. The summed E-state index contributed by atoms with van der Waals surface area (Å²) in [5, 5.41) is 11.7. The molecule has 1 amide bonds. The molecule has 0 saturated heterocycles. The topological polar surface area (TPSA) is 75.3 Å². The van der Waals surface area contributed by atoms with E-state index in [4.69, 9.17) is 14.6 Å². The highest BCUT2D eigenvalue weighted by Crippen LogP contribution is 2.25. The average molecular weight is 336 g/mol. The fourth-order valence-electron chi connectivity index (χ4n) is 2.71. The van der Waals surface area contributed by atoms with Crippen LogP contribution in [0, 0.1) is 5.41 Å². The third-order valence-corrected chi connectivity index (χ3v) is 3.95. The summed E-state index contributed by atoms with van der Waals surface area (Å²) in [5.74, 6) is 0.204. The molecular weight excluding hydrogens is 316 g/mol. The molecule has 0 spiro atoms. The second-order valence-corrected chi connectivity index (χ2v) is 5.56. The SMILES string of the molecule is CCOc1cccc2cc(C(=O)Nc3ccccc3CC)c(=N)oc12. The largest absolute Gasteiger partial charge is 0.490 e. The van der Waals surface area contributed by atoms with Crippen molar-refractivity contribution in [2.24, 2.45) is 0 Å². The van der Waals surface area contributed by atoms with Gasteiger partial charge >= 0.3 is 0 Å². The molecule has 128 valence electrons. The third-order valence-electron chi connectivity index (χ3n) is 3.95. The van der Waals surface area contributed by atoms with Gasteiger partial charge in [-0.25, -0.2) is 0 Å². The maximum absolute atomic E-state index is 12.6. The highest BCUT2D eigenvalue weighted by molar-refractivity contribution is 6.05. The van der Waals surface area contributed by atoms with E-state index in [2.05, 4.69) is 5.32 Å². The van der Waals surface area contributed by atoms with E-state index in [9.17, 15) is 4.79 Å². The monoisotopic (exact) mass is 336 g/mol. The van der Waals surface area contributed by atoms with Gasteiger partial charge in [-0.1, -0.05) is 37.3 Å². The molecule has 1 heterocycles. The molecule has 0 aliphatic rings. The van der Waals surface area contributed by atoms with Crippen molar-refractivity contribution in [3.8, 4) is 5.75 Å². The number of hydrogen-bond acceptors (Lipinski definition) is 4. The van der Waals surface area contributed by atoms with E-state index < -0.39 is 0 Å². The van der Waals surface area contributed by atoms with Gasteiger partial charge in [0.2, 0.25) is 5.55 Å². The highest BCUT2D eigenvalue weighted by atomic mass is 16.5. The zero-order valence-electron chi connectivity index (χ0n) is 14.3. The van der Waals surface area contributed by atoms with Gasteiger partial charge in [0.1, 0.15) is 5.56 Å². The Morgan fingerprint density at radius 1 is 1.16 bits per heavy atom. The number of ether oxygens (including phenoxy) is 1. The Morgan fingerprint density at radius 3 is 2.72 bits per heavy atom. The summed E-state index contributed by atoms with van der Waals surface area (Å²) in [4.78, 5) is 12.6. The van der Waals surface area contributed by atoms with Crippen LogP contribution in [0.4, 0.5) is 5.69 Å². The summed E-state index contributed by atoms with van der Waals surface area (Å²) >= 11 is 0. The van der Waals surface area contributed by atoms with Gasteiger partial charge in [0.05, 0.1) is 6.61 Å². The third kappa shape index (κ3) is 3.40. The first kappa shape index (κ1) is 16.8. The van der Waals surface area contributed by atoms with Crippen LogP contribution in [0.1, 0.15) is 29.8 Å². The van der Waals surface area contributed by atoms with Crippen molar-refractivity contribution >= 4 is 22.6 Å². The predicted octanol–water partition coefficient (Wildman–Crippen LogP) is 4.13. The molecule has 0 fully saturated rings. The Bertz CT molecular complexity index is 976. The van der Waals surface area contributed by atoms with E-state index in [1.165, 1.54) is 0 Å².